The Balaban J connectivity index is 2.77. The Labute approximate surface area is 85.3 Å². The number of aromatic hydroxyl groups is 1. The maximum Gasteiger partial charge on any atom is 0.305 e. The molecule has 0 aliphatic carbocycles. The standard InChI is InChI=1S/C10H10F2O3/c1-15-10(14)3-2-6-4-8(12)9(13)5-7(6)11/h4-5,13H,2-3H2,1H3. The van der Waals surface area contributed by atoms with Crippen molar-refractivity contribution in [2.45, 2.75) is 12.8 Å². The number of ether oxygens (including phenoxy) is 1. The van der Waals surface area contributed by atoms with Gasteiger partial charge < -0.3 is 9.84 Å². The van der Waals surface area contributed by atoms with Gasteiger partial charge in [0.25, 0.3) is 0 Å². The van der Waals surface area contributed by atoms with Crippen LogP contribution < -0.4 is 0 Å². The first-order valence-corrected chi connectivity index (χ1v) is 4.28. The lowest BCUT2D eigenvalue weighted by Gasteiger charge is -2.03. The fourth-order valence-corrected chi connectivity index (χ4v) is 1.11. The van der Waals surface area contributed by atoms with E-state index in [-0.39, 0.29) is 18.4 Å². The van der Waals surface area contributed by atoms with E-state index in [1.165, 1.54) is 7.11 Å². The molecule has 82 valence electrons. The van der Waals surface area contributed by atoms with Crippen LogP contribution >= 0.6 is 0 Å². The summed E-state index contributed by atoms with van der Waals surface area (Å²) in [4.78, 5) is 10.8. The molecule has 0 saturated carbocycles. The summed E-state index contributed by atoms with van der Waals surface area (Å²) in [5.74, 6) is -2.88. The molecule has 0 radical (unpaired) electrons. The summed E-state index contributed by atoms with van der Waals surface area (Å²) in [7, 11) is 1.22. The fraction of sp³-hybridized carbons (Fsp3) is 0.300. The quantitative estimate of drug-likeness (QED) is 0.783. The molecule has 0 aromatic heterocycles. The Kier molecular flexibility index (Phi) is 3.60. The van der Waals surface area contributed by atoms with Crippen LogP contribution in [0.25, 0.3) is 0 Å². The van der Waals surface area contributed by atoms with Crippen molar-refractivity contribution in [1.82, 2.24) is 0 Å². The van der Waals surface area contributed by atoms with Gasteiger partial charge in [0.2, 0.25) is 0 Å². The SMILES string of the molecule is COC(=O)CCc1cc(F)c(O)cc1F. The first kappa shape index (κ1) is 11.4. The van der Waals surface area contributed by atoms with Gasteiger partial charge in [0, 0.05) is 12.5 Å². The first-order valence-electron chi connectivity index (χ1n) is 4.28. The van der Waals surface area contributed by atoms with E-state index in [0.717, 1.165) is 6.07 Å². The van der Waals surface area contributed by atoms with Gasteiger partial charge in [-0.05, 0) is 18.1 Å². The Morgan fingerprint density at radius 2 is 2.07 bits per heavy atom. The zero-order chi connectivity index (χ0) is 11.4. The molecule has 15 heavy (non-hydrogen) atoms. The average Bonchev–Trinajstić information content (AvgIpc) is 2.21. The normalized spacial score (nSPS) is 10.1. The van der Waals surface area contributed by atoms with Gasteiger partial charge in [0.1, 0.15) is 5.82 Å². The smallest absolute Gasteiger partial charge is 0.305 e. The lowest BCUT2D eigenvalue weighted by atomic mass is 10.1. The third-order valence-corrected chi connectivity index (χ3v) is 1.94. The predicted molar refractivity (Wildman–Crippen MR) is 48.4 cm³/mol. The van der Waals surface area contributed by atoms with Crippen molar-refractivity contribution in [3.8, 4) is 5.75 Å². The summed E-state index contributed by atoms with van der Waals surface area (Å²) in [6, 6.07) is 1.55. The number of rotatable bonds is 3. The molecule has 0 bridgehead atoms. The lowest BCUT2D eigenvalue weighted by Crippen LogP contribution is -2.03. The zero-order valence-corrected chi connectivity index (χ0v) is 8.09. The molecule has 5 heteroatoms. The highest BCUT2D eigenvalue weighted by Gasteiger charge is 2.10. The van der Waals surface area contributed by atoms with Gasteiger partial charge in [-0.1, -0.05) is 0 Å². The zero-order valence-electron chi connectivity index (χ0n) is 8.09. The first-order chi connectivity index (χ1) is 7.04. The van der Waals surface area contributed by atoms with Crippen LogP contribution in [0, 0.1) is 11.6 Å². The van der Waals surface area contributed by atoms with E-state index >= 15 is 0 Å². The van der Waals surface area contributed by atoms with E-state index in [9.17, 15) is 13.6 Å². The molecule has 0 aliphatic heterocycles. The summed E-state index contributed by atoms with van der Waals surface area (Å²) in [6.45, 7) is 0. The molecule has 0 fully saturated rings. The summed E-state index contributed by atoms with van der Waals surface area (Å²) >= 11 is 0. The van der Waals surface area contributed by atoms with E-state index in [1.54, 1.807) is 0 Å². The van der Waals surface area contributed by atoms with Crippen LogP contribution in [0.15, 0.2) is 12.1 Å². The highest BCUT2D eigenvalue weighted by molar-refractivity contribution is 5.69. The van der Waals surface area contributed by atoms with Gasteiger partial charge >= 0.3 is 5.97 Å². The third-order valence-electron chi connectivity index (χ3n) is 1.94. The topological polar surface area (TPSA) is 46.5 Å². The molecular weight excluding hydrogens is 206 g/mol. The largest absolute Gasteiger partial charge is 0.505 e. The third kappa shape index (κ3) is 2.90. The monoisotopic (exact) mass is 216 g/mol. The molecule has 1 aromatic rings. The Morgan fingerprint density at radius 1 is 1.40 bits per heavy atom. The molecule has 0 saturated heterocycles. The Hall–Kier alpha value is -1.65. The van der Waals surface area contributed by atoms with Gasteiger partial charge in [0.05, 0.1) is 7.11 Å². The molecule has 0 heterocycles. The average molecular weight is 216 g/mol. The number of carbonyl (C=O) groups is 1. The summed E-state index contributed by atoms with van der Waals surface area (Å²) in [5, 5.41) is 8.84. The van der Waals surface area contributed by atoms with Crippen LogP contribution in [0.5, 0.6) is 5.75 Å². The molecule has 1 rings (SSSR count). The van der Waals surface area contributed by atoms with Crippen molar-refractivity contribution in [1.29, 1.82) is 0 Å². The highest BCUT2D eigenvalue weighted by atomic mass is 19.1. The molecule has 0 spiro atoms. The number of halogens is 2. The minimum Gasteiger partial charge on any atom is -0.505 e. The maximum absolute atomic E-state index is 13.1. The summed E-state index contributed by atoms with van der Waals surface area (Å²) in [6.07, 6.45) is 0.00728. The van der Waals surface area contributed by atoms with Crippen molar-refractivity contribution < 1.29 is 23.4 Å². The van der Waals surface area contributed by atoms with Crippen molar-refractivity contribution >= 4 is 5.97 Å². The minimum absolute atomic E-state index is 0.0301. The predicted octanol–water partition coefficient (Wildman–Crippen LogP) is 1.78. The molecule has 0 unspecified atom stereocenters. The summed E-state index contributed by atoms with van der Waals surface area (Å²) in [5.41, 5.74) is 0.0377. The van der Waals surface area contributed by atoms with Crippen LogP contribution in [0.3, 0.4) is 0 Å². The van der Waals surface area contributed by atoms with Crippen molar-refractivity contribution in [3.63, 3.8) is 0 Å². The van der Waals surface area contributed by atoms with Gasteiger partial charge in [-0.25, -0.2) is 8.78 Å². The van der Waals surface area contributed by atoms with Gasteiger partial charge in [-0.2, -0.15) is 0 Å². The molecule has 1 aromatic carbocycles. The molecule has 1 N–H and O–H groups in total. The van der Waals surface area contributed by atoms with Gasteiger partial charge in [-0.15, -0.1) is 0 Å². The van der Waals surface area contributed by atoms with E-state index in [2.05, 4.69) is 4.74 Å². The second kappa shape index (κ2) is 4.72. The second-order valence-corrected chi connectivity index (χ2v) is 2.97. The van der Waals surface area contributed by atoms with Crippen molar-refractivity contribution in [2.24, 2.45) is 0 Å². The van der Waals surface area contributed by atoms with Crippen LogP contribution in [0.2, 0.25) is 0 Å². The van der Waals surface area contributed by atoms with Crippen molar-refractivity contribution in [2.75, 3.05) is 7.11 Å². The van der Waals surface area contributed by atoms with Crippen LogP contribution in [-0.4, -0.2) is 18.2 Å². The number of aryl methyl sites for hydroxylation is 1. The second-order valence-electron chi connectivity index (χ2n) is 2.97. The number of phenols is 1. The van der Waals surface area contributed by atoms with Crippen molar-refractivity contribution in [3.05, 3.63) is 29.3 Å². The molecule has 0 aliphatic rings. The number of methoxy groups -OCH3 is 1. The van der Waals surface area contributed by atoms with Crippen LogP contribution in [-0.2, 0) is 16.0 Å². The molecular formula is C10H10F2O3. The fourth-order valence-electron chi connectivity index (χ4n) is 1.11. The van der Waals surface area contributed by atoms with Crippen LogP contribution in [0.1, 0.15) is 12.0 Å². The van der Waals surface area contributed by atoms with Gasteiger partial charge in [-0.3, -0.25) is 4.79 Å². The van der Waals surface area contributed by atoms with E-state index < -0.39 is 23.4 Å². The summed E-state index contributed by atoms with van der Waals surface area (Å²) < 4.78 is 30.3. The number of phenolic OH excluding ortho intramolecular Hbond substituents is 1. The van der Waals surface area contributed by atoms with Gasteiger partial charge in [0.15, 0.2) is 11.6 Å². The number of carbonyl (C=O) groups excluding carboxylic acids is 1. The van der Waals surface area contributed by atoms with E-state index in [1.807, 2.05) is 0 Å². The molecule has 0 atom stereocenters. The lowest BCUT2D eigenvalue weighted by molar-refractivity contribution is -0.140. The molecule has 3 nitrogen and oxygen atoms in total. The number of benzene rings is 1. The van der Waals surface area contributed by atoms with E-state index in [0.29, 0.717) is 6.07 Å². The Bertz CT molecular complexity index is 377. The maximum atomic E-state index is 13.1. The minimum atomic E-state index is -0.906. The van der Waals surface area contributed by atoms with Crippen LogP contribution in [0.4, 0.5) is 8.78 Å². The van der Waals surface area contributed by atoms with E-state index in [4.69, 9.17) is 5.11 Å². The number of esters is 1. The Morgan fingerprint density at radius 3 is 2.67 bits per heavy atom. The number of hydrogen-bond acceptors (Lipinski definition) is 3. The number of hydrogen-bond donors (Lipinski definition) is 1. The molecule has 0 amide bonds. The highest BCUT2D eigenvalue weighted by Crippen LogP contribution is 2.20.